The van der Waals surface area contributed by atoms with Gasteiger partial charge in [-0.15, -0.1) is 0 Å². The number of rotatable bonds is 5. The predicted molar refractivity (Wildman–Crippen MR) is 111 cm³/mol. The van der Waals surface area contributed by atoms with Gasteiger partial charge >= 0.3 is 0 Å². The lowest BCUT2D eigenvalue weighted by Crippen LogP contribution is -2.39. The Morgan fingerprint density at radius 2 is 1.77 bits per heavy atom. The number of carbonyl (C=O) groups is 1. The summed E-state index contributed by atoms with van der Waals surface area (Å²) in [6, 6.07) is 7.03. The largest absolute Gasteiger partial charge is 0.392 e. The zero-order chi connectivity index (χ0) is 22.8. The third kappa shape index (κ3) is 5.39. The number of benzene rings is 2. The topological polar surface area (TPSA) is 107 Å². The fourth-order valence-corrected chi connectivity index (χ4v) is 5.20. The maximum absolute atomic E-state index is 13.5. The normalized spacial score (nSPS) is 20.3. The Labute approximate surface area is 183 Å². The first kappa shape index (κ1) is 23.6. The number of β-amino-alcohol motifs (C(OH)–C–C–N with tert-alkyl or cyclic N) is 2. The fourth-order valence-electron chi connectivity index (χ4n) is 3.27. The Bertz CT molecular complexity index is 1070. The summed E-state index contributed by atoms with van der Waals surface area (Å²) in [6.07, 6.45) is -1.50. The summed E-state index contributed by atoms with van der Waals surface area (Å²) in [4.78, 5) is 12.2. The second-order valence-corrected chi connectivity index (χ2v) is 9.56. The molecule has 31 heavy (non-hydrogen) atoms. The molecular weight excluding hydrogens is 454 g/mol. The van der Waals surface area contributed by atoms with E-state index in [0.29, 0.717) is 0 Å². The van der Waals surface area contributed by atoms with Crippen LogP contribution in [0.3, 0.4) is 0 Å². The van der Waals surface area contributed by atoms with E-state index in [1.54, 1.807) is 0 Å². The van der Waals surface area contributed by atoms with Crippen LogP contribution in [-0.4, -0.2) is 54.1 Å². The van der Waals surface area contributed by atoms with Crippen LogP contribution in [-0.2, 0) is 16.7 Å². The number of nitrogens with one attached hydrogen (secondary N) is 1. The third-order valence-electron chi connectivity index (χ3n) is 4.93. The van der Waals surface area contributed by atoms with E-state index in [4.69, 9.17) is 11.6 Å². The zero-order valence-corrected chi connectivity index (χ0v) is 17.8. The van der Waals surface area contributed by atoms with Crippen LogP contribution in [0, 0.1) is 5.82 Å². The van der Waals surface area contributed by atoms with Crippen LogP contribution in [0.4, 0.5) is 14.5 Å². The minimum Gasteiger partial charge on any atom is -0.392 e. The lowest BCUT2D eigenvalue weighted by Gasteiger charge is -2.24. The van der Waals surface area contributed by atoms with Gasteiger partial charge < -0.3 is 15.5 Å². The molecule has 2 atom stereocenters. The van der Waals surface area contributed by atoms with E-state index in [1.807, 2.05) is 0 Å². The van der Waals surface area contributed by atoms with Crippen molar-refractivity contribution < 1.29 is 32.2 Å². The number of anilines is 1. The number of aliphatic hydroxyl groups excluding tert-OH is 2. The van der Waals surface area contributed by atoms with Gasteiger partial charge in [-0.05, 0) is 43.2 Å². The number of sulfonamides is 1. The first-order valence-corrected chi connectivity index (χ1v) is 11.2. The molecule has 0 bridgehead atoms. The number of hydrogen-bond acceptors (Lipinski definition) is 5. The molecule has 2 aromatic rings. The van der Waals surface area contributed by atoms with E-state index in [9.17, 15) is 32.2 Å². The molecule has 1 fully saturated rings. The van der Waals surface area contributed by atoms with Crippen molar-refractivity contribution in [1.29, 1.82) is 0 Å². The monoisotopic (exact) mass is 474 g/mol. The van der Waals surface area contributed by atoms with Gasteiger partial charge in [-0.3, -0.25) is 4.79 Å². The molecule has 0 aliphatic carbocycles. The predicted octanol–water partition coefficient (Wildman–Crippen LogP) is 2.71. The maximum atomic E-state index is 13.5. The standard InChI is InChI=1S/C20H21ClF2N2O5S/c21-17-8-14(3-6-18(17)23)24-20(28)12-1-2-13(9-22)19(7-12)31(29,30)25-10-15(26)4-5-16(27)11-25/h1-3,6-8,15-16,26-27H,4-5,9-11H2,(H,24,28). The summed E-state index contributed by atoms with van der Waals surface area (Å²) in [5.41, 5.74) is -0.0455. The molecule has 2 unspecified atom stereocenters. The van der Waals surface area contributed by atoms with Gasteiger partial charge in [-0.1, -0.05) is 17.7 Å². The first-order chi connectivity index (χ1) is 14.6. The number of halogens is 3. The van der Waals surface area contributed by atoms with Gasteiger partial charge in [-0.2, -0.15) is 4.31 Å². The van der Waals surface area contributed by atoms with E-state index < -0.39 is 45.5 Å². The lowest BCUT2D eigenvalue weighted by molar-refractivity contribution is 0.102. The van der Waals surface area contributed by atoms with E-state index in [0.717, 1.165) is 16.4 Å². The van der Waals surface area contributed by atoms with Gasteiger partial charge in [0, 0.05) is 29.9 Å². The molecular formula is C20H21ClF2N2O5S. The second kappa shape index (κ2) is 9.58. The molecule has 3 rings (SSSR count). The van der Waals surface area contributed by atoms with Crippen LogP contribution < -0.4 is 5.32 Å². The first-order valence-electron chi connectivity index (χ1n) is 9.43. The highest BCUT2D eigenvalue weighted by atomic mass is 35.5. The van der Waals surface area contributed by atoms with E-state index in [-0.39, 0.29) is 47.8 Å². The van der Waals surface area contributed by atoms with Gasteiger partial charge in [0.15, 0.2) is 0 Å². The van der Waals surface area contributed by atoms with Crippen LogP contribution in [0.2, 0.25) is 5.02 Å². The van der Waals surface area contributed by atoms with Gasteiger partial charge in [0.25, 0.3) is 5.91 Å². The molecule has 0 spiro atoms. The quantitative estimate of drug-likeness (QED) is 0.617. The fraction of sp³-hybridized carbons (Fsp3) is 0.350. The summed E-state index contributed by atoms with van der Waals surface area (Å²) in [5, 5.41) is 22.2. The zero-order valence-electron chi connectivity index (χ0n) is 16.3. The van der Waals surface area contributed by atoms with Crippen molar-refractivity contribution >= 4 is 33.2 Å². The maximum Gasteiger partial charge on any atom is 0.255 e. The minimum absolute atomic E-state index is 0.0767. The van der Waals surface area contributed by atoms with Gasteiger partial charge in [-0.25, -0.2) is 17.2 Å². The van der Waals surface area contributed by atoms with Gasteiger partial charge in [0.1, 0.15) is 12.5 Å². The van der Waals surface area contributed by atoms with Gasteiger partial charge in [0.05, 0.1) is 22.1 Å². The number of nitrogens with zero attached hydrogens (tertiary/aromatic N) is 1. The molecule has 1 aliphatic rings. The molecule has 11 heteroatoms. The van der Waals surface area contributed by atoms with Crippen molar-refractivity contribution in [2.45, 2.75) is 36.6 Å². The number of alkyl halides is 1. The summed E-state index contributed by atoms with van der Waals surface area (Å²) in [5.74, 6) is -1.37. The average molecular weight is 475 g/mol. The van der Waals surface area contributed by atoms with Crippen LogP contribution in [0.15, 0.2) is 41.3 Å². The molecule has 0 aromatic heterocycles. The number of amides is 1. The Morgan fingerprint density at radius 1 is 1.13 bits per heavy atom. The third-order valence-corrected chi connectivity index (χ3v) is 7.13. The molecule has 1 aliphatic heterocycles. The summed E-state index contributed by atoms with van der Waals surface area (Å²) in [6.45, 7) is -1.60. The lowest BCUT2D eigenvalue weighted by atomic mass is 10.1. The molecule has 3 N–H and O–H groups in total. The second-order valence-electron chi connectivity index (χ2n) is 7.25. The SMILES string of the molecule is O=C(Nc1ccc(F)c(Cl)c1)c1ccc(CF)c(S(=O)(=O)N2CC(O)CCC(O)C2)c1. The molecule has 168 valence electrons. The molecule has 0 saturated carbocycles. The number of hydrogen-bond donors (Lipinski definition) is 3. The molecule has 1 amide bonds. The van der Waals surface area contributed by atoms with E-state index in [1.165, 1.54) is 24.3 Å². The summed E-state index contributed by atoms with van der Waals surface area (Å²) in [7, 11) is -4.31. The van der Waals surface area contributed by atoms with Crippen LogP contribution in [0.5, 0.6) is 0 Å². The molecule has 0 radical (unpaired) electrons. The molecule has 2 aromatic carbocycles. The Balaban J connectivity index is 1.94. The van der Waals surface area contributed by atoms with Crippen molar-refractivity contribution in [2.75, 3.05) is 18.4 Å². The summed E-state index contributed by atoms with van der Waals surface area (Å²) >= 11 is 5.70. The van der Waals surface area contributed by atoms with Gasteiger partial charge in [0.2, 0.25) is 10.0 Å². The molecule has 7 nitrogen and oxygen atoms in total. The Kier molecular flexibility index (Phi) is 7.28. The van der Waals surface area contributed by atoms with Crippen molar-refractivity contribution in [3.8, 4) is 0 Å². The highest BCUT2D eigenvalue weighted by Gasteiger charge is 2.33. The van der Waals surface area contributed by atoms with Crippen molar-refractivity contribution in [1.82, 2.24) is 4.31 Å². The molecule has 1 heterocycles. The van der Waals surface area contributed by atoms with Crippen LogP contribution in [0.25, 0.3) is 0 Å². The highest BCUT2D eigenvalue weighted by Crippen LogP contribution is 2.26. The smallest absolute Gasteiger partial charge is 0.255 e. The number of aliphatic hydroxyl groups is 2. The van der Waals surface area contributed by atoms with Crippen molar-refractivity contribution in [2.24, 2.45) is 0 Å². The summed E-state index contributed by atoms with van der Waals surface area (Å²) < 4.78 is 54.1. The minimum atomic E-state index is -4.31. The van der Waals surface area contributed by atoms with E-state index in [2.05, 4.69) is 5.32 Å². The Hall–Kier alpha value is -2.11. The number of carbonyl (C=O) groups excluding carboxylic acids is 1. The van der Waals surface area contributed by atoms with Crippen molar-refractivity contribution in [3.05, 3.63) is 58.4 Å². The average Bonchev–Trinajstić information content (AvgIpc) is 2.91. The van der Waals surface area contributed by atoms with E-state index >= 15 is 0 Å². The highest BCUT2D eigenvalue weighted by molar-refractivity contribution is 7.89. The Morgan fingerprint density at radius 3 is 2.35 bits per heavy atom. The molecule has 1 saturated heterocycles. The van der Waals surface area contributed by atoms with Crippen molar-refractivity contribution in [3.63, 3.8) is 0 Å². The van der Waals surface area contributed by atoms with Crippen LogP contribution >= 0.6 is 11.6 Å². The van der Waals surface area contributed by atoms with Crippen LogP contribution in [0.1, 0.15) is 28.8 Å².